The van der Waals surface area contributed by atoms with E-state index < -0.39 is 74.5 Å². The lowest BCUT2D eigenvalue weighted by Gasteiger charge is -2.31. The van der Waals surface area contributed by atoms with Gasteiger partial charge in [-0.1, -0.05) is 48.0 Å². The zero-order valence-electron chi connectivity index (χ0n) is 27.2. The Kier molecular flexibility index (Phi) is 9.52. The number of hydrogen-bond donors (Lipinski definition) is 3. The zero-order valence-corrected chi connectivity index (χ0v) is 29.6. The van der Waals surface area contributed by atoms with E-state index in [2.05, 4.69) is 37.9 Å². The third kappa shape index (κ3) is 7.18. The molecule has 2 aliphatic heterocycles. The highest BCUT2D eigenvalue weighted by Gasteiger charge is 2.62. The summed E-state index contributed by atoms with van der Waals surface area (Å²) in [6, 6.07) is 9.99. The second kappa shape index (κ2) is 13.4. The summed E-state index contributed by atoms with van der Waals surface area (Å²) >= 11 is 3.41. The summed E-state index contributed by atoms with van der Waals surface area (Å²) in [4.78, 5) is 57.7. The van der Waals surface area contributed by atoms with E-state index >= 15 is 0 Å². The highest BCUT2D eigenvalue weighted by atomic mass is 79.9. The van der Waals surface area contributed by atoms with Gasteiger partial charge >= 0.3 is 6.09 Å². The molecule has 15 heteroatoms. The van der Waals surface area contributed by atoms with E-state index in [4.69, 9.17) is 4.74 Å². The second-order valence-electron chi connectivity index (χ2n) is 13.5. The first kappa shape index (κ1) is 34.9. The Morgan fingerprint density at radius 2 is 1.82 bits per heavy atom. The molecular formula is C34H39BrFN5O7S. The number of anilines is 1. The van der Waals surface area contributed by atoms with Gasteiger partial charge in [0.05, 0.1) is 18.3 Å². The summed E-state index contributed by atoms with van der Waals surface area (Å²) in [5.74, 6) is -3.12. The lowest BCUT2D eigenvalue weighted by molar-refractivity contribution is -0.140. The van der Waals surface area contributed by atoms with Gasteiger partial charge in [-0.2, -0.15) is 0 Å². The Hall–Kier alpha value is -3.98. The molecule has 4 aliphatic rings. The molecule has 3 fully saturated rings. The number of sulfonamides is 1. The van der Waals surface area contributed by atoms with Gasteiger partial charge in [0.1, 0.15) is 29.5 Å². The minimum Gasteiger partial charge on any atom is -0.444 e. The maximum absolute atomic E-state index is 14.4. The highest BCUT2D eigenvalue weighted by molar-refractivity contribution is 9.10. The Morgan fingerprint density at radius 1 is 1.10 bits per heavy atom. The van der Waals surface area contributed by atoms with Gasteiger partial charge in [0.15, 0.2) is 0 Å². The van der Waals surface area contributed by atoms with Crippen molar-refractivity contribution in [1.82, 2.24) is 19.8 Å². The Balaban J connectivity index is 1.22. The monoisotopic (exact) mass is 759 g/mol. The molecule has 6 rings (SSSR count). The first-order valence-electron chi connectivity index (χ1n) is 16.3. The molecule has 2 aromatic rings. The fourth-order valence-corrected chi connectivity index (χ4v) is 8.17. The number of ether oxygens (including phenoxy) is 1. The van der Waals surface area contributed by atoms with Crippen LogP contribution in [0.1, 0.15) is 50.7 Å². The molecule has 12 nitrogen and oxygen atoms in total. The Labute approximate surface area is 293 Å². The van der Waals surface area contributed by atoms with Crippen LogP contribution in [0.3, 0.4) is 0 Å². The van der Waals surface area contributed by atoms with Crippen molar-refractivity contribution in [2.24, 2.45) is 11.8 Å². The average Bonchev–Trinajstić information content (AvgIpc) is 3.94. The first-order valence-corrected chi connectivity index (χ1v) is 18.6. The molecule has 1 saturated heterocycles. The van der Waals surface area contributed by atoms with Gasteiger partial charge in [-0.3, -0.25) is 24.0 Å². The molecule has 2 aliphatic carbocycles. The molecule has 49 heavy (non-hydrogen) atoms. The smallest absolute Gasteiger partial charge is 0.410 e. The fourth-order valence-electron chi connectivity index (χ4n) is 6.54. The molecule has 5 atom stereocenters. The molecular weight excluding hydrogens is 721 g/mol. The predicted octanol–water partition coefficient (Wildman–Crippen LogP) is 3.82. The number of halogens is 2. The maximum atomic E-state index is 14.4. The Morgan fingerprint density at radius 3 is 2.43 bits per heavy atom. The van der Waals surface area contributed by atoms with Gasteiger partial charge in [0.25, 0.3) is 5.91 Å². The van der Waals surface area contributed by atoms with Crippen LogP contribution in [0.2, 0.25) is 0 Å². The van der Waals surface area contributed by atoms with E-state index in [0.29, 0.717) is 29.7 Å². The summed E-state index contributed by atoms with van der Waals surface area (Å²) < 4.78 is 48.4. The van der Waals surface area contributed by atoms with Crippen molar-refractivity contribution >= 4 is 55.5 Å². The summed E-state index contributed by atoms with van der Waals surface area (Å²) in [5, 5.41) is 5.36. The van der Waals surface area contributed by atoms with Crippen molar-refractivity contribution < 1.29 is 36.7 Å². The molecule has 0 aromatic heterocycles. The van der Waals surface area contributed by atoms with Gasteiger partial charge in [-0.05, 0) is 61.1 Å². The number of hydrogen-bond acceptors (Lipinski definition) is 8. The fraction of sp³-hybridized carbons (Fsp3) is 0.471. The van der Waals surface area contributed by atoms with E-state index in [1.165, 1.54) is 21.9 Å². The van der Waals surface area contributed by atoms with E-state index in [-0.39, 0.29) is 38.4 Å². The lowest BCUT2D eigenvalue weighted by atomic mass is 10.0. The molecule has 2 saturated carbocycles. The molecule has 1 unspecified atom stereocenters. The molecule has 0 bridgehead atoms. The molecule has 0 spiro atoms. The summed E-state index contributed by atoms with van der Waals surface area (Å²) in [6.07, 6.45) is 0.858. The van der Waals surface area contributed by atoms with Crippen molar-refractivity contribution in [2.75, 3.05) is 11.9 Å². The van der Waals surface area contributed by atoms with Gasteiger partial charge in [0.2, 0.25) is 21.8 Å². The van der Waals surface area contributed by atoms with Crippen LogP contribution in [0.25, 0.3) is 0 Å². The largest absolute Gasteiger partial charge is 0.444 e. The SMILES string of the molecule is C=C[C@@H]1C[C@]1(NC(=O)[C@@H]1CC(OC(=O)N2Cc3cccc(F)c3C2)CN1C(=O)[C@@H](Nc1ccc(Br)cc1)C(C)C)C(=O)NS(=O)(=O)C1CC1. The van der Waals surface area contributed by atoms with Gasteiger partial charge in [-0.25, -0.2) is 17.6 Å². The summed E-state index contributed by atoms with van der Waals surface area (Å²) in [5.41, 5.74) is 0.207. The molecule has 4 amide bonds. The molecule has 3 N–H and O–H groups in total. The van der Waals surface area contributed by atoms with Crippen LogP contribution < -0.4 is 15.4 Å². The average molecular weight is 761 g/mol. The van der Waals surface area contributed by atoms with Crippen LogP contribution in [0, 0.1) is 17.7 Å². The number of carbonyl (C=O) groups excluding carboxylic acids is 4. The highest BCUT2D eigenvalue weighted by Crippen LogP contribution is 2.45. The quantitative estimate of drug-likeness (QED) is 0.293. The summed E-state index contributed by atoms with van der Waals surface area (Å²) in [6.45, 7) is 7.53. The molecule has 2 heterocycles. The van der Waals surface area contributed by atoms with Crippen LogP contribution in [0.15, 0.2) is 59.6 Å². The normalized spacial score (nSPS) is 25.0. The van der Waals surface area contributed by atoms with Gasteiger partial charge in [0, 0.05) is 34.6 Å². The summed E-state index contributed by atoms with van der Waals surface area (Å²) in [7, 11) is -3.89. The van der Waals surface area contributed by atoms with Crippen LogP contribution in [-0.4, -0.2) is 77.6 Å². The van der Waals surface area contributed by atoms with Crippen LogP contribution in [-0.2, 0) is 42.2 Å². The van der Waals surface area contributed by atoms with E-state index in [9.17, 15) is 32.0 Å². The van der Waals surface area contributed by atoms with E-state index in [1.807, 2.05) is 38.1 Å². The minimum absolute atomic E-state index is 0.0248. The number of rotatable bonds is 11. The number of likely N-dealkylation sites (tertiary alicyclic amines) is 1. The van der Waals surface area contributed by atoms with Crippen LogP contribution in [0.5, 0.6) is 0 Å². The first-order chi connectivity index (χ1) is 23.2. The molecule has 0 radical (unpaired) electrons. The molecule has 262 valence electrons. The second-order valence-corrected chi connectivity index (χ2v) is 16.4. The van der Waals surface area contributed by atoms with Gasteiger partial charge < -0.3 is 20.3 Å². The third-order valence-corrected chi connectivity index (χ3v) is 12.0. The topological polar surface area (TPSA) is 154 Å². The van der Waals surface area contributed by atoms with Crippen LogP contribution >= 0.6 is 15.9 Å². The predicted molar refractivity (Wildman–Crippen MR) is 182 cm³/mol. The number of amides is 4. The minimum atomic E-state index is -3.89. The van der Waals surface area contributed by atoms with Crippen molar-refractivity contribution in [2.45, 2.75) is 81.6 Å². The third-order valence-electron chi connectivity index (χ3n) is 9.65. The van der Waals surface area contributed by atoms with Crippen molar-refractivity contribution in [3.8, 4) is 0 Å². The van der Waals surface area contributed by atoms with Crippen molar-refractivity contribution in [3.05, 3.63) is 76.5 Å². The lowest BCUT2D eigenvalue weighted by Crippen LogP contribution is -2.58. The molecule has 2 aromatic carbocycles. The number of benzene rings is 2. The number of fused-ring (bicyclic) bond motifs is 1. The maximum Gasteiger partial charge on any atom is 0.410 e. The standard InChI is InChI=1S/C34H39BrFN5O7S/c1-4-21-15-34(21,32(44)39-49(46,47)25-12-13-25)38-30(42)28-14-24(48-33(45)40-16-20-6-5-7-27(36)26(20)18-40)17-41(28)31(43)29(19(2)3)37-23-10-8-22(35)9-11-23/h4-11,19,21,24-25,28-29,37H,1,12-18H2,2-3H3,(H,38,42)(H,39,44)/t21-,24?,28+,29+,34-/m1/s1. The van der Waals surface area contributed by atoms with Crippen molar-refractivity contribution in [3.63, 3.8) is 0 Å². The van der Waals surface area contributed by atoms with E-state index in [0.717, 1.165) is 4.47 Å². The Bertz CT molecular complexity index is 1790. The van der Waals surface area contributed by atoms with Gasteiger partial charge in [-0.15, -0.1) is 6.58 Å². The number of carbonyl (C=O) groups is 4. The van der Waals surface area contributed by atoms with Crippen LogP contribution in [0.4, 0.5) is 14.9 Å². The number of nitrogens with zero attached hydrogens (tertiary/aromatic N) is 2. The van der Waals surface area contributed by atoms with Crippen molar-refractivity contribution in [1.29, 1.82) is 0 Å². The van der Waals surface area contributed by atoms with E-state index in [1.54, 1.807) is 12.1 Å². The number of nitrogens with one attached hydrogen (secondary N) is 3. The zero-order chi connectivity index (χ0) is 35.2.